The van der Waals surface area contributed by atoms with Gasteiger partial charge in [0.05, 0.1) is 18.4 Å². The summed E-state index contributed by atoms with van der Waals surface area (Å²) in [6.07, 6.45) is 1.56. The highest BCUT2D eigenvalue weighted by Crippen LogP contribution is 2.16. The van der Waals surface area contributed by atoms with Crippen LogP contribution in [0.5, 0.6) is 0 Å². The van der Waals surface area contributed by atoms with Crippen molar-refractivity contribution in [2.75, 3.05) is 6.54 Å². The van der Waals surface area contributed by atoms with Crippen LogP contribution >= 0.6 is 11.3 Å². The molecular weight excluding hydrogens is 234 g/mol. The van der Waals surface area contributed by atoms with Crippen LogP contribution in [0.4, 0.5) is 0 Å². The molecule has 4 heteroatoms. The molecule has 1 amide bonds. The summed E-state index contributed by atoms with van der Waals surface area (Å²) in [5.41, 5.74) is 0.656. The monoisotopic (exact) mass is 249 g/mol. The number of furan rings is 1. The highest BCUT2D eigenvalue weighted by atomic mass is 32.1. The summed E-state index contributed by atoms with van der Waals surface area (Å²) in [6, 6.07) is 5.78. The van der Waals surface area contributed by atoms with Crippen molar-refractivity contribution in [1.29, 1.82) is 0 Å². The van der Waals surface area contributed by atoms with Crippen molar-refractivity contribution >= 4 is 17.2 Å². The van der Waals surface area contributed by atoms with Gasteiger partial charge in [-0.25, -0.2) is 0 Å². The molecule has 0 bridgehead atoms. The number of rotatable bonds is 4. The maximum atomic E-state index is 12.3. The van der Waals surface area contributed by atoms with Crippen LogP contribution in [0.3, 0.4) is 0 Å². The first-order chi connectivity index (χ1) is 8.22. The van der Waals surface area contributed by atoms with Crippen LogP contribution in [0.2, 0.25) is 0 Å². The molecule has 2 rings (SSSR count). The van der Waals surface area contributed by atoms with Gasteiger partial charge in [0.1, 0.15) is 5.76 Å². The summed E-state index contributed by atoms with van der Waals surface area (Å²) in [5.74, 6) is 0.715. The zero-order valence-electron chi connectivity index (χ0n) is 9.97. The van der Waals surface area contributed by atoms with E-state index < -0.39 is 0 Å². The van der Waals surface area contributed by atoms with Gasteiger partial charge in [-0.1, -0.05) is 6.07 Å². The van der Waals surface area contributed by atoms with E-state index in [4.69, 9.17) is 4.42 Å². The molecule has 3 nitrogen and oxygen atoms in total. The lowest BCUT2D eigenvalue weighted by molar-refractivity contribution is 0.0752. The molecule has 0 unspecified atom stereocenters. The predicted molar refractivity (Wildman–Crippen MR) is 68.2 cm³/mol. The van der Waals surface area contributed by atoms with E-state index in [9.17, 15) is 4.79 Å². The molecule has 90 valence electrons. The summed E-state index contributed by atoms with van der Waals surface area (Å²) in [5, 5.41) is 2.02. The standard InChI is InChI=1S/C13H15NO2S/c1-3-14(9-11-5-4-8-17-11)13(15)12-6-7-16-10(12)2/h4-8H,3,9H2,1-2H3. The summed E-state index contributed by atoms with van der Waals surface area (Å²) in [6.45, 7) is 5.16. The second kappa shape index (κ2) is 5.19. The van der Waals surface area contributed by atoms with Gasteiger partial charge in [0.15, 0.2) is 0 Å². The summed E-state index contributed by atoms with van der Waals surface area (Å²) < 4.78 is 5.17. The van der Waals surface area contributed by atoms with Crippen LogP contribution in [0.1, 0.15) is 27.9 Å². The highest BCUT2D eigenvalue weighted by Gasteiger charge is 2.18. The minimum Gasteiger partial charge on any atom is -0.469 e. The van der Waals surface area contributed by atoms with Crippen molar-refractivity contribution in [2.45, 2.75) is 20.4 Å². The van der Waals surface area contributed by atoms with Gasteiger partial charge in [0.2, 0.25) is 0 Å². The molecule has 0 fully saturated rings. The molecule has 0 aromatic carbocycles. The quantitative estimate of drug-likeness (QED) is 0.833. The van der Waals surface area contributed by atoms with Crippen molar-refractivity contribution in [1.82, 2.24) is 4.90 Å². The minimum absolute atomic E-state index is 0.0344. The fraction of sp³-hybridized carbons (Fsp3) is 0.308. The van der Waals surface area contributed by atoms with Gasteiger partial charge < -0.3 is 9.32 Å². The largest absolute Gasteiger partial charge is 0.469 e. The molecule has 0 saturated carbocycles. The molecule has 0 aliphatic rings. The minimum atomic E-state index is 0.0344. The second-order valence-electron chi connectivity index (χ2n) is 3.79. The molecule has 0 aliphatic heterocycles. The van der Waals surface area contributed by atoms with Crippen molar-refractivity contribution in [3.05, 3.63) is 46.0 Å². The molecule has 0 spiro atoms. The third-order valence-corrected chi connectivity index (χ3v) is 3.55. The molecule has 0 atom stereocenters. The second-order valence-corrected chi connectivity index (χ2v) is 4.82. The van der Waals surface area contributed by atoms with Gasteiger partial charge in [-0.2, -0.15) is 0 Å². The van der Waals surface area contributed by atoms with Crippen LogP contribution in [0.25, 0.3) is 0 Å². The van der Waals surface area contributed by atoms with Gasteiger partial charge in [0.25, 0.3) is 5.91 Å². The average Bonchev–Trinajstić information content (AvgIpc) is 2.96. The maximum Gasteiger partial charge on any atom is 0.257 e. The molecule has 0 aliphatic carbocycles. The third-order valence-electron chi connectivity index (χ3n) is 2.68. The van der Waals surface area contributed by atoms with E-state index in [1.165, 1.54) is 4.88 Å². The molecule has 0 saturated heterocycles. The number of amides is 1. The number of aryl methyl sites for hydroxylation is 1. The van der Waals surface area contributed by atoms with E-state index in [0.29, 0.717) is 24.4 Å². The Bertz CT molecular complexity index is 487. The van der Waals surface area contributed by atoms with Crippen LogP contribution in [-0.2, 0) is 6.54 Å². The van der Waals surface area contributed by atoms with E-state index in [2.05, 4.69) is 0 Å². The van der Waals surface area contributed by atoms with Gasteiger partial charge in [0, 0.05) is 11.4 Å². The van der Waals surface area contributed by atoms with E-state index in [-0.39, 0.29) is 5.91 Å². The van der Waals surface area contributed by atoms with Gasteiger partial charge in [-0.15, -0.1) is 11.3 Å². The van der Waals surface area contributed by atoms with E-state index in [1.54, 1.807) is 23.7 Å². The third kappa shape index (κ3) is 2.58. The van der Waals surface area contributed by atoms with E-state index >= 15 is 0 Å². The molecule has 2 heterocycles. The first kappa shape index (κ1) is 11.9. The molecule has 0 radical (unpaired) electrons. The van der Waals surface area contributed by atoms with Crippen molar-refractivity contribution in [3.8, 4) is 0 Å². The summed E-state index contributed by atoms with van der Waals surface area (Å²) >= 11 is 1.67. The topological polar surface area (TPSA) is 33.5 Å². The van der Waals surface area contributed by atoms with Crippen molar-refractivity contribution in [2.24, 2.45) is 0 Å². The maximum absolute atomic E-state index is 12.3. The lowest BCUT2D eigenvalue weighted by Crippen LogP contribution is -2.30. The Labute approximate surface area is 105 Å². The number of carbonyl (C=O) groups excluding carboxylic acids is 1. The lowest BCUT2D eigenvalue weighted by atomic mass is 10.2. The average molecular weight is 249 g/mol. The van der Waals surface area contributed by atoms with Gasteiger partial charge in [-0.05, 0) is 31.4 Å². The van der Waals surface area contributed by atoms with E-state index in [0.717, 1.165) is 0 Å². The smallest absolute Gasteiger partial charge is 0.257 e. The van der Waals surface area contributed by atoms with E-state index in [1.807, 2.05) is 36.3 Å². The zero-order valence-corrected chi connectivity index (χ0v) is 10.8. The van der Waals surface area contributed by atoms with Crippen molar-refractivity contribution < 1.29 is 9.21 Å². The first-order valence-electron chi connectivity index (χ1n) is 5.58. The fourth-order valence-electron chi connectivity index (χ4n) is 1.70. The Kier molecular flexibility index (Phi) is 3.64. The Hall–Kier alpha value is -1.55. The lowest BCUT2D eigenvalue weighted by Gasteiger charge is -2.19. The molecule has 2 aromatic heterocycles. The van der Waals surface area contributed by atoms with Crippen LogP contribution < -0.4 is 0 Å². The van der Waals surface area contributed by atoms with Crippen LogP contribution in [0.15, 0.2) is 34.3 Å². The Balaban J connectivity index is 2.14. The van der Waals surface area contributed by atoms with Crippen LogP contribution in [-0.4, -0.2) is 17.4 Å². The number of hydrogen-bond acceptors (Lipinski definition) is 3. The Morgan fingerprint density at radius 1 is 1.47 bits per heavy atom. The Morgan fingerprint density at radius 2 is 2.29 bits per heavy atom. The van der Waals surface area contributed by atoms with Crippen LogP contribution in [0, 0.1) is 6.92 Å². The molecule has 2 aromatic rings. The molecular formula is C13H15NO2S. The highest BCUT2D eigenvalue weighted by molar-refractivity contribution is 7.09. The summed E-state index contributed by atoms with van der Waals surface area (Å²) in [7, 11) is 0. The SMILES string of the molecule is CCN(Cc1cccs1)C(=O)c1ccoc1C. The first-order valence-corrected chi connectivity index (χ1v) is 6.46. The molecule has 17 heavy (non-hydrogen) atoms. The number of thiophene rings is 1. The number of carbonyl (C=O) groups is 1. The molecule has 0 N–H and O–H groups in total. The predicted octanol–water partition coefficient (Wildman–Crippen LogP) is 3.31. The normalized spacial score (nSPS) is 10.5. The van der Waals surface area contributed by atoms with Crippen molar-refractivity contribution in [3.63, 3.8) is 0 Å². The Morgan fingerprint density at radius 3 is 2.82 bits per heavy atom. The van der Waals surface area contributed by atoms with Gasteiger partial charge >= 0.3 is 0 Å². The zero-order chi connectivity index (χ0) is 12.3. The fourth-order valence-corrected chi connectivity index (χ4v) is 2.41. The number of nitrogens with zero attached hydrogens (tertiary/aromatic N) is 1. The number of hydrogen-bond donors (Lipinski definition) is 0. The van der Waals surface area contributed by atoms with Gasteiger partial charge in [-0.3, -0.25) is 4.79 Å². The summed E-state index contributed by atoms with van der Waals surface area (Å²) in [4.78, 5) is 15.3.